The molecule has 0 amide bonds. The van der Waals surface area contributed by atoms with Gasteiger partial charge in [0.05, 0.1) is 17.3 Å². The predicted molar refractivity (Wildman–Crippen MR) is 143 cm³/mol. The van der Waals surface area contributed by atoms with E-state index in [4.69, 9.17) is 5.11 Å². The Labute approximate surface area is 210 Å². The maximum absolute atomic E-state index is 12.6. The molecule has 5 aromatic rings. The smallest absolute Gasteiger partial charge is 0.335 e. The molecule has 0 aliphatic carbocycles. The number of hydrogen-bond donors (Lipinski definition) is 1. The molecule has 0 spiro atoms. The lowest BCUT2D eigenvalue weighted by molar-refractivity contribution is 0.0696. The van der Waals surface area contributed by atoms with Crippen LogP contribution in [0.25, 0.3) is 10.9 Å². The van der Waals surface area contributed by atoms with E-state index >= 15 is 0 Å². The largest absolute Gasteiger partial charge is 0.478 e. The number of benzene rings is 4. The fraction of sp³-hybridized carbons (Fsp3) is 0.125. The number of nitrogens with zero attached hydrogens (tertiary/aromatic N) is 1. The van der Waals surface area contributed by atoms with Crippen LogP contribution in [0.4, 0.5) is 0 Å². The molecule has 178 valence electrons. The molecule has 4 aromatic carbocycles. The molecular formula is C32H27NO3. The molecule has 4 heteroatoms. The summed E-state index contributed by atoms with van der Waals surface area (Å²) in [7, 11) is 0. The van der Waals surface area contributed by atoms with Crippen LogP contribution in [0.1, 0.15) is 55.6 Å². The fourth-order valence-corrected chi connectivity index (χ4v) is 5.07. The maximum Gasteiger partial charge on any atom is 0.335 e. The Bertz CT molecular complexity index is 1450. The van der Waals surface area contributed by atoms with Crippen molar-refractivity contribution in [1.29, 1.82) is 0 Å². The van der Waals surface area contributed by atoms with Crippen LogP contribution in [0.2, 0.25) is 0 Å². The van der Waals surface area contributed by atoms with Gasteiger partial charge < -0.3 is 9.67 Å². The number of aryl methyl sites for hydroxylation is 2. The van der Waals surface area contributed by atoms with E-state index in [1.807, 2.05) is 60.7 Å². The Morgan fingerprint density at radius 2 is 1.33 bits per heavy atom. The molecule has 0 radical (unpaired) electrons. The Balaban J connectivity index is 1.55. The molecular weight excluding hydrogens is 446 g/mol. The number of carboxylic acids is 1. The summed E-state index contributed by atoms with van der Waals surface area (Å²) in [5, 5.41) is 10.2. The van der Waals surface area contributed by atoms with E-state index in [1.54, 1.807) is 12.1 Å². The van der Waals surface area contributed by atoms with Gasteiger partial charge in [0.2, 0.25) is 0 Å². The Morgan fingerprint density at radius 1 is 0.750 bits per heavy atom. The number of hydrogen-bond acceptors (Lipinski definition) is 2. The maximum atomic E-state index is 12.6. The third-order valence-corrected chi connectivity index (χ3v) is 6.75. The average molecular weight is 474 g/mol. The highest BCUT2D eigenvalue weighted by atomic mass is 16.4. The molecule has 0 unspecified atom stereocenters. The second kappa shape index (κ2) is 10.4. The van der Waals surface area contributed by atoms with Crippen molar-refractivity contribution in [1.82, 2.24) is 4.57 Å². The molecule has 5 rings (SSSR count). The van der Waals surface area contributed by atoms with Crippen molar-refractivity contribution in [3.8, 4) is 0 Å². The molecule has 0 saturated heterocycles. The number of aromatic carboxylic acids is 1. The number of carbonyl (C=O) groups is 2. The minimum Gasteiger partial charge on any atom is -0.478 e. The number of fused-ring (bicyclic) bond motifs is 1. The van der Waals surface area contributed by atoms with Gasteiger partial charge in [-0.3, -0.25) is 4.79 Å². The lowest BCUT2D eigenvalue weighted by Gasteiger charge is -2.23. The molecule has 1 heterocycles. The van der Waals surface area contributed by atoms with Gasteiger partial charge in [-0.1, -0.05) is 91.0 Å². The second-order valence-electron chi connectivity index (χ2n) is 8.95. The second-order valence-corrected chi connectivity index (χ2v) is 8.95. The summed E-state index contributed by atoms with van der Waals surface area (Å²) in [6, 6.07) is 35.7. The number of rotatable bonds is 9. The number of aldehydes is 1. The zero-order chi connectivity index (χ0) is 24.9. The van der Waals surface area contributed by atoms with Crippen molar-refractivity contribution in [3.05, 3.63) is 143 Å². The van der Waals surface area contributed by atoms with E-state index in [-0.39, 0.29) is 11.6 Å². The van der Waals surface area contributed by atoms with Crippen molar-refractivity contribution in [3.63, 3.8) is 0 Å². The lowest BCUT2D eigenvalue weighted by atomic mass is 9.98. The molecule has 1 N–H and O–H groups in total. The average Bonchev–Trinajstić information content (AvgIpc) is 3.23. The highest BCUT2D eigenvalue weighted by molar-refractivity contribution is 5.94. The SMILES string of the molecule is O=Cc1c(CCCc2ccc(C(=O)O)cc2)c2ccccc2n1C(c1ccccc1)c1ccccc1. The molecule has 0 bridgehead atoms. The summed E-state index contributed by atoms with van der Waals surface area (Å²) in [5.41, 5.74) is 6.42. The van der Waals surface area contributed by atoms with E-state index < -0.39 is 5.97 Å². The lowest BCUT2D eigenvalue weighted by Crippen LogP contribution is -2.15. The van der Waals surface area contributed by atoms with Crippen LogP contribution in [0, 0.1) is 0 Å². The van der Waals surface area contributed by atoms with Gasteiger partial charge >= 0.3 is 5.97 Å². The summed E-state index contributed by atoms with van der Waals surface area (Å²) in [6.45, 7) is 0. The predicted octanol–water partition coefficient (Wildman–Crippen LogP) is 6.97. The van der Waals surface area contributed by atoms with Gasteiger partial charge in [0, 0.05) is 10.9 Å². The zero-order valence-corrected chi connectivity index (χ0v) is 19.9. The Morgan fingerprint density at radius 3 is 1.92 bits per heavy atom. The topological polar surface area (TPSA) is 59.3 Å². The van der Waals surface area contributed by atoms with Crippen LogP contribution in [0.3, 0.4) is 0 Å². The van der Waals surface area contributed by atoms with Crippen molar-refractivity contribution < 1.29 is 14.7 Å². The number of carbonyl (C=O) groups excluding carboxylic acids is 1. The molecule has 0 aliphatic rings. The molecule has 0 aliphatic heterocycles. The van der Waals surface area contributed by atoms with E-state index in [0.29, 0.717) is 5.69 Å². The van der Waals surface area contributed by atoms with E-state index in [9.17, 15) is 9.59 Å². The number of aromatic nitrogens is 1. The first-order valence-electron chi connectivity index (χ1n) is 12.2. The zero-order valence-electron chi connectivity index (χ0n) is 19.9. The Kier molecular flexibility index (Phi) is 6.76. The third kappa shape index (κ3) is 4.58. The molecule has 36 heavy (non-hydrogen) atoms. The molecule has 0 atom stereocenters. The van der Waals surface area contributed by atoms with Crippen molar-refractivity contribution in [2.45, 2.75) is 25.3 Å². The van der Waals surface area contributed by atoms with Gasteiger partial charge in [-0.05, 0) is 59.7 Å². The van der Waals surface area contributed by atoms with Crippen LogP contribution >= 0.6 is 0 Å². The first-order chi connectivity index (χ1) is 17.7. The van der Waals surface area contributed by atoms with Gasteiger partial charge in [-0.25, -0.2) is 4.79 Å². The minimum absolute atomic E-state index is 0.130. The highest BCUT2D eigenvalue weighted by Gasteiger charge is 2.24. The van der Waals surface area contributed by atoms with Gasteiger partial charge in [-0.15, -0.1) is 0 Å². The van der Waals surface area contributed by atoms with E-state index in [1.165, 1.54) is 0 Å². The van der Waals surface area contributed by atoms with Gasteiger partial charge in [0.25, 0.3) is 0 Å². The summed E-state index contributed by atoms with van der Waals surface area (Å²) in [5.74, 6) is -0.920. The van der Waals surface area contributed by atoms with Crippen LogP contribution < -0.4 is 0 Å². The van der Waals surface area contributed by atoms with Crippen LogP contribution in [-0.4, -0.2) is 21.9 Å². The third-order valence-electron chi connectivity index (χ3n) is 6.75. The summed E-state index contributed by atoms with van der Waals surface area (Å²) in [4.78, 5) is 23.8. The standard InChI is InChI=1S/C32H27NO3/c34-22-30-28(16-9-10-23-18-20-26(21-19-23)32(35)36)27-15-7-8-17-29(27)33(30)31(24-11-3-1-4-12-24)25-13-5-2-6-14-25/h1-8,11-15,17-22,31H,9-10,16H2,(H,35,36). The molecule has 0 saturated carbocycles. The molecule has 0 fully saturated rings. The van der Waals surface area contributed by atoms with Crippen LogP contribution in [-0.2, 0) is 12.8 Å². The highest BCUT2D eigenvalue weighted by Crippen LogP contribution is 2.36. The monoisotopic (exact) mass is 473 g/mol. The molecule has 1 aromatic heterocycles. The van der Waals surface area contributed by atoms with Crippen LogP contribution in [0.5, 0.6) is 0 Å². The van der Waals surface area contributed by atoms with E-state index in [2.05, 4.69) is 41.0 Å². The first kappa shape index (κ1) is 23.3. The first-order valence-corrected chi connectivity index (χ1v) is 12.2. The van der Waals surface area contributed by atoms with E-state index in [0.717, 1.165) is 58.7 Å². The number of para-hydroxylation sites is 1. The Hall–Kier alpha value is -4.44. The molecule has 4 nitrogen and oxygen atoms in total. The number of carboxylic acid groups (broad SMARTS) is 1. The minimum atomic E-state index is -0.920. The summed E-state index contributed by atoms with van der Waals surface area (Å²) < 4.78 is 2.18. The van der Waals surface area contributed by atoms with Crippen molar-refractivity contribution >= 4 is 23.2 Å². The van der Waals surface area contributed by atoms with Gasteiger partial charge in [0.1, 0.15) is 0 Å². The summed E-state index contributed by atoms with van der Waals surface area (Å²) >= 11 is 0. The van der Waals surface area contributed by atoms with Gasteiger partial charge in [0.15, 0.2) is 6.29 Å². The van der Waals surface area contributed by atoms with Crippen molar-refractivity contribution in [2.24, 2.45) is 0 Å². The normalized spacial score (nSPS) is 11.1. The van der Waals surface area contributed by atoms with Crippen LogP contribution in [0.15, 0.2) is 109 Å². The van der Waals surface area contributed by atoms with Crippen molar-refractivity contribution in [2.75, 3.05) is 0 Å². The van der Waals surface area contributed by atoms with Gasteiger partial charge in [-0.2, -0.15) is 0 Å². The fourth-order valence-electron chi connectivity index (χ4n) is 5.07. The quantitative estimate of drug-likeness (QED) is 0.235. The summed E-state index contributed by atoms with van der Waals surface area (Å²) in [6.07, 6.45) is 3.40.